The molecule has 0 fully saturated rings. The third-order valence-corrected chi connectivity index (χ3v) is 9.80. The lowest BCUT2D eigenvalue weighted by Crippen LogP contribution is -2.54. The van der Waals surface area contributed by atoms with Crippen molar-refractivity contribution in [2.24, 2.45) is 0 Å². The van der Waals surface area contributed by atoms with Crippen LogP contribution in [0.3, 0.4) is 0 Å². The minimum absolute atomic E-state index is 0.0302. The molecule has 2 amide bonds. The number of hydrogen-bond acceptors (Lipinski definition) is 4. The predicted molar refractivity (Wildman–Crippen MR) is 179 cm³/mol. The molecule has 10 heteroatoms. The van der Waals surface area contributed by atoms with Crippen LogP contribution in [0.2, 0.25) is 5.02 Å². The first-order valence-corrected chi connectivity index (χ1v) is 16.9. The Hall–Kier alpha value is -3.66. The molecule has 0 bridgehead atoms. The number of halogens is 2. The lowest BCUT2D eigenvalue weighted by Gasteiger charge is -2.34. The molecule has 0 aliphatic carbocycles. The third kappa shape index (κ3) is 8.71. The zero-order chi connectivity index (χ0) is 31.7. The molecule has 0 aromatic heterocycles. The number of rotatable bonds is 13. The Bertz CT molecular complexity index is 1660. The van der Waals surface area contributed by atoms with Gasteiger partial charge in [0.15, 0.2) is 0 Å². The maximum atomic E-state index is 14.5. The van der Waals surface area contributed by atoms with Crippen molar-refractivity contribution in [1.29, 1.82) is 0 Å². The maximum absolute atomic E-state index is 14.5. The van der Waals surface area contributed by atoms with Crippen LogP contribution in [0.15, 0.2) is 119 Å². The lowest BCUT2D eigenvalue weighted by atomic mass is 10.0. The van der Waals surface area contributed by atoms with Crippen LogP contribution in [0.4, 0.5) is 5.69 Å². The molecule has 0 spiro atoms. The molecule has 0 radical (unpaired) electrons. The summed E-state index contributed by atoms with van der Waals surface area (Å²) in [7, 11) is -4.19. The lowest BCUT2D eigenvalue weighted by molar-refractivity contribution is -0.140. The third-order valence-electron chi connectivity index (χ3n) is 7.24. The summed E-state index contributed by atoms with van der Waals surface area (Å²) in [6, 6.07) is 30.2. The summed E-state index contributed by atoms with van der Waals surface area (Å²) in [4.78, 5) is 29.8. The number of benzene rings is 4. The molecule has 2 unspecified atom stereocenters. The van der Waals surface area contributed by atoms with E-state index in [1.165, 1.54) is 23.1 Å². The summed E-state index contributed by atoms with van der Waals surface area (Å²) < 4.78 is 29.9. The Labute approximate surface area is 273 Å². The first kappa shape index (κ1) is 33.2. The molecule has 0 saturated carbocycles. The summed E-state index contributed by atoms with van der Waals surface area (Å²) >= 11 is 9.73. The summed E-state index contributed by atoms with van der Waals surface area (Å²) in [5.41, 5.74) is 1.90. The van der Waals surface area contributed by atoms with Crippen molar-refractivity contribution in [1.82, 2.24) is 10.2 Å². The Morgan fingerprint density at radius 2 is 1.50 bits per heavy atom. The van der Waals surface area contributed by atoms with Gasteiger partial charge >= 0.3 is 0 Å². The summed E-state index contributed by atoms with van der Waals surface area (Å²) in [6.45, 7) is 3.42. The van der Waals surface area contributed by atoms with Crippen molar-refractivity contribution in [2.75, 3.05) is 10.8 Å². The smallest absolute Gasteiger partial charge is 0.264 e. The fraction of sp³-hybridized carbons (Fsp3) is 0.235. The number of nitrogens with zero attached hydrogens (tertiary/aromatic N) is 2. The van der Waals surface area contributed by atoms with Gasteiger partial charge in [0.05, 0.1) is 10.6 Å². The van der Waals surface area contributed by atoms with Gasteiger partial charge in [-0.2, -0.15) is 0 Å². The number of sulfonamides is 1. The minimum Gasteiger partial charge on any atom is -0.352 e. The average Bonchev–Trinajstić information content (AvgIpc) is 3.03. The van der Waals surface area contributed by atoms with Gasteiger partial charge in [-0.3, -0.25) is 13.9 Å². The van der Waals surface area contributed by atoms with Crippen LogP contribution < -0.4 is 9.62 Å². The van der Waals surface area contributed by atoms with E-state index in [-0.39, 0.29) is 35.5 Å². The first-order valence-electron chi connectivity index (χ1n) is 14.3. The Kier molecular flexibility index (Phi) is 11.6. The number of carbonyl (C=O) groups excluding carboxylic acids is 2. The van der Waals surface area contributed by atoms with Crippen molar-refractivity contribution < 1.29 is 18.0 Å². The predicted octanol–water partition coefficient (Wildman–Crippen LogP) is 6.85. The standard InChI is InChI=1S/C34H35BrClN3O4S/c1-3-25(2)37-34(41)32(21-26-11-6-4-7-12-26)38(23-27-17-19-28(35)20-18-27)33(40)24-39(30-14-10-13-29(36)22-30)44(42,43)31-15-8-5-9-16-31/h4-20,22,25,32H,3,21,23-24H2,1-2H3,(H,37,41). The van der Waals surface area contributed by atoms with Crippen molar-refractivity contribution >= 4 is 55.1 Å². The van der Waals surface area contributed by atoms with Gasteiger partial charge in [0.1, 0.15) is 12.6 Å². The number of carbonyl (C=O) groups is 2. The Morgan fingerprint density at radius 1 is 0.864 bits per heavy atom. The fourth-order valence-corrected chi connectivity index (χ4v) is 6.54. The highest BCUT2D eigenvalue weighted by atomic mass is 79.9. The molecule has 230 valence electrons. The molecule has 7 nitrogen and oxygen atoms in total. The molecule has 2 atom stereocenters. The second kappa shape index (κ2) is 15.4. The zero-order valence-electron chi connectivity index (χ0n) is 24.6. The van der Waals surface area contributed by atoms with Gasteiger partial charge < -0.3 is 10.2 Å². The summed E-state index contributed by atoms with van der Waals surface area (Å²) in [5.74, 6) is -0.846. The van der Waals surface area contributed by atoms with Gasteiger partial charge in [-0.25, -0.2) is 8.42 Å². The largest absolute Gasteiger partial charge is 0.352 e. The van der Waals surface area contributed by atoms with Crippen LogP contribution in [-0.2, 0) is 32.6 Å². The molecule has 0 aliphatic heterocycles. The fourth-order valence-electron chi connectivity index (χ4n) is 4.66. The average molecular weight is 697 g/mol. The van der Waals surface area contributed by atoms with Gasteiger partial charge in [-0.05, 0) is 66.9 Å². The van der Waals surface area contributed by atoms with Crippen LogP contribution in [0.1, 0.15) is 31.4 Å². The molecule has 4 rings (SSSR count). The Balaban J connectivity index is 1.80. The van der Waals surface area contributed by atoms with E-state index in [0.717, 1.165) is 19.9 Å². The van der Waals surface area contributed by atoms with Gasteiger partial charge in [-0.1, -0.05) is 101 Å². The quantitative estimate of drug-likeness (QED) is 0.166. The number of amides is 2. The molecule has 44 heavy (non-hydrogen) atoms. The second-order valence-electron chi connectivity index (χ2n) is 10.5. The SMILES string of the molecule is CCC(C)NC(=O)C(Cc1ccccc1)N(Cc1ccc(Br)cc1)C(=O)CN(c1cccc(Cl)c1)S(=O)(=O)c1ccccc1. The van der Waals surface area contributed by atoms with Crippen molar-refractivity contribution in [2.45, 2.75) is 50.2 Å². The maximum Gasteiger partial charge on any atom is 0.264 e. The van der Waals surface area contributed by atoms with Gasteiger partial charge in [0.25, 0.3) is 10.0 Å². The summed E-state index contributed by atoms with van der Waals surface area (Å²) in [6.07, 6.45) is 0.955. The van der Waals surface area contributed by atoms with Gasteiger partial charge in [-0.15, -0.1) is 0 Å². The van der Waals surface area contributed by atoms with Crippen LogP contribution >= 0.6 is 27.5 Å². The summed E-state index contributed by atoms with van der Waals surface area (Å²) in [5, 5.41) is 3.36. The van der Waals surface area contributed by atoms with Crippen molar-refractivity contribution in [3.63, 3.8) is 0 Å². The number of anilines is 1. The van der Waals surface area contributed by atoms with E-state index in [2.05, 4.69) is 21.2 Å². The van der Waals surface area contributed by atoms with Gasteiger partial charge in [0.2, 0.25) is 11.8 Å². The normalized spacial score (nSPS) is 12.6. The highest BCUT2D eigenvalue weighted by Crippen LogP contribution is 2.27. The van der Waals surface area contributed by atoms with Gasteiger partial charge in [0, 0.05) is 28.5 Å². The van der Waals surface area contributed by atoms with Crippen LogP contribution in [-0.4, -0.2) is 43.8 Å². The Morgan fingerprint density at radius 3 is 2.11 bits per heavy atom. The van der Waals surface area contributed by atoms with E-state index in [9.17, 15) is 18.0 Å². The first-order chi connectivity index (χ1) is 21.1. The molecule has 0 aliphatic rings. The van der Waals surface area contributed by atoms with Crippen LogP contribution in [0.5, 0.6) is 0 Å². The second-order valence-corrected chi connectivity index (χ2v) is 13.7. The molecule has 4 aromatic rings. The van der Waals surface area contributed by atoms with Crippen molar-refractivity contribution in [3.8, 4) is 0 Å². The van der Waals surface area contributed by atoms with Crippen LogP contribution in [0.25, 0.3) is 0 Å². The molecule has 4 aromatic carbocycles. The molecular weight excluding hydrogens is 662 g/mol. The molecular formula is C34H35BrClN3O4S. The van der Waals surface area contributed by atoms with Crippen molar-refractivity contribution in [3.05, 3.63) is 130 Å². The minimum atomic E-state index is -4.19. The monoisotopic (exact) mass is 695 g/mol. The highest BCUT2D eigenvalue weighted by molar-refractivity contribution is 9.10. The number of nitrogens with one attached hydrogen (secondary N) is 1. The molecule has 1 N–H and O–H groups in total. The van der Waals surface area contributed by atoms with E-state index in [0.29, 0.717) is 11.4 Å². The zero-order valence-corrected chi connectivity index (χ0v) is 27.7. The van der Waals surface area contributed by atoms with E-state index < -0.39 is 28.5 Å². The van der Waals surface area contributed by atoms with E-state index in [1.807, 2.05) is 68.4 Å². The topological polar surface area (TPSA) is 86.8 Å². The van der Waals surface area contributed by atoms with Crippen LogP contribution in [0, 0.1) is 0 Å². The molecule has 0 heterocycles. The van der Waals surface area contributed by atoms with E-state index in [1.54, 1.807) is 36.4 Å². The highest BCUT2D eigenvalue weighted by Gasteiger charge is 2.35. The number of hydrogen-bond donors (Lipinski definition) is 1. The van der Waals surface area contributed by atoms with E-state index in [4.69, 9.17) is 11.6 Å². The van der Waals surface area contributed by atoms with E-state index >= 15 is 0 Å². The molecule has 0 saturated heterocycles.